The van der Waals surface area contributed by atoms with Crippen LogP contribution in [0.1, 0.15) is 18.1 Å². The molecule has 27 heavy (non-hydrogen) atoms. The van der Waals surface area contributed by atoms with Gasteiger partial charge in [-0.15, -0.1) is 10.2 Å². The molecule has 0 saturated heterocycles. The van der Waals surface area contributed by atoms with Crippen molar-refractivity contribution in [2.45, 2.75) is 30.0 Å². The predicted molar refractivity (Wildman–Crippen MR) is 108 cm³/mol. The number of carbonyl (C=O) groups excluding carboxylic acids is 1. The van der Waals surface area contributed by atoms with Gasteiger partial charge in [-0.1, -0.05) is 65.1 Å². The van der Waals surface area contributed by atoms with Gasteiger partial charge in [0.15, 0.2) is 4.34 Å². The molecule has 3 rings (SSSR count). The maximum absolute atomic E-state index is 13.7. The molecule has 0 aliphatic heterocycles. The van der Waals surface area contributed by atoms with Crippen LogP contribution in [0.4, 0.5) is 15.2 Å². The van der Waals surface area contributed by atoms with E-state index in [0.717, 1.165) is 5.56 Å². The van der Waals surface area contributed by atoms with Crippen LogP contribution in [0.3, 0.4) is 0 Å². The number of aryl methyl sites for hydroxylation is 1. The number of thioether (sulfide) groups is 1. The van der Waals surface area contributed by atoms with Crippen molar-refractivity contribution >= 4 is 39.8 Å². The van der Waals surface area contributed by atoms with E-state index in [-0.39, 0.29) is 17.0 Å². The minimum absolute atomic E-state index is 0.0700. The first-order chi connectivity index (χ1) is 13.0. The number of nitrogens with zero attached hydrogens (tertiary/aromatic N) is 2. The summed E-state index contributed by atoms with van der Waals surface area (Å²) in [7, 11) is 0. The summed E-state index contributed by atoms with van der Waals surface area (Å²) in [4.78, 5) is 12.3. The van der Waals surface area contributed by atoms with E-state index < -0.39 is 0 Å². The van der Waals surface area contributed by atoms with Gasteiger partial charge in [0.2, 0.25) is 11.0 Å². The van der Waals surface area contributed by atoms with E-state index in [1.165, 1.54) is 34.7 Å². The number of benzene rings is 2. The molecule has 0 bridgehead atoms. The number of para-hydroxylation sites is 1. The number of hydrogen-bond donors (Lipinski definition) is 2. The molecule has 8 heteroatoms. The molecular weight excluding hydrogens is 383 g/mol. The summed E-state index contributed by atoms with van der Waals surface area (Å²) in [6.07, 6.45) is 0. The molecule has 2 N–H and O–H groups in total. The van der Waals surface area contributed by atoms with Crippen molar-refractivity contribution in [1.29, 1.82) is 0 Å². The number of halogens is 1. The average Bonchev–Trinajstić information content (AvgIpc) is 3.09. The predicted octanol–water partition coefficient (Wildman–Crippen LogP) is 4.53. The van der Waals surface area contributed by atoms with E-state index in [1.54, 1.807) is 18.2 Å². The molecule has 2 aromatic carbocycles. The van der Waals surface area contributed by atoms with Gasteiger partial charge >= 0.3 is 0 Å². The second-order valence-corrected chi connectivity index (χ2v) is 8.51. The molecule has 0 aliphatic carbocycles. The van der Waals surface area contributed by atoms with Gasteiger partial charge in [0.25, 0.3) is 0 Å². The molecule has 0 aliphatic rings. The van der Waals surface area contributed by atoms with Crippen molar-refractivity contribution in [1.82, 2.24) is 15.5 Å². The van der Waals surface area contributed by atoms with Crippen LogP contribution in [0.25, 0.3) is 0 Å². The first-order valence-electron chi connectivity index (χ1n) is 8.36. The van der Waals surface area contributed by atoms with E-state index in [4.69, 9.17) is 0 Å². The Bertz CT molecular complexity index is 914. The van der Waals surface area contributed by atoms with Gasteiger partial charge in [-0.3, -0.25) is 4.79 Å². The number of carbonyl (C=O) groups is 1. The second kappa shape index (κ2) is 8.96. The molecule has 0 fully saturated rings. The molecule has 1 aromatic heterocycles. The summed E-state index contributed by atoms with van der Waals surface area (Å²) < 4.78 is 14.3. The van der Waals surface area contributed by atoms with Crippen molar-refractivity contribution in [2.75, 3.05) is 5.32 Å². The highest BCUT2D eigenvalue weighted by molar-refractivity contribution is 8.02. The lowest BCUT2D eigenvalue weighted by Gasteiger charge is -2.10. The van der Waals surface area contributed by atoms with Crippen LogP contribution in [0.15, 0.2) is 52.9 Å². The van der Waals surface area contributed by atoms with Crippen LogP contribution in [0.5, 0.6) is 0 Å². The standard InChI is InChI=1S/C19H19FN4OS2/c1-12-7-9-14(10-8-12)11-21-17(25)13(2)26-19-24-23-18(27-19)22-16-6-4-3-5-15(16)20/h3-10,13H,11H2,1-2H3,(H,21,25)(H,22,23). The van der Waals surface area contributed by atoms with E-state index in [2.05, 4.69) is 20.8 Å². The van der Waals surface area contributed by atoms with E-state index >= 15 is 0 Å². The van der Waals surface area contributed by atoms with Crippen molar-refractivity contribution in [3.8, 4) is 0 Å². The molecule has 0 saturated carbocycles. The quantitative estimate of drug-likeness (QED) is 0.569. The molecule has 0 radical (unpaired) electrons. The number of nitrogens with one attached hydrogen (secondary N) is 2. The lowest BCUT2D eigenvalue weighted by Crippen LogP contribution is -2.30. The summed E-state index contributed by atoms with van der Waals surface area (Å²) in [5, 5.41) is 14.1. The highest BCUT2D eigenvalue weighted by Crippen LogP contribution is 2.31. The smallest absolute Gasteiger partial charge is 0.233 e. The molecule has 1 amide bonds. The zero-order valence-corrected chi connectivity index (χ0v) is 16.5. The zero-order valence-electron chi connectivity index (χ0n) is 14.9. The summed E-state index contributed by atoms with van der Waals surface area (Å²) in [5.74, 6) is -0.426. The fourth-order valence-corrected chi connectivity index (χ4v) is 4.16. The third-order valence-corrected chi connectivity index (χ3v) is 5.78. The molecule has 5 nitrogen and oxygen atoms in total. The van der Waals surface area contributed by atoms with Crippen molar-refractivity contribution < 1.29 is 9.18 Å². The molecule has 0 spiro atoms. The van der Waals surface area contributed by atoms with Gasteiger partial charge in [0, 0.05) is 6.54 Å². The highest BCUT2D eigenvalue weighted by Gasteiger charge is 2.17. The number of rotatable bonds is 7. The summed E-state index contributed by atoms with van der Waals surface area (Å²) in [5.41, 5.74) is 2.58. The van der Waals surface area contributed by atoms with Gasteiger partial charge in [-0.25, -0.2) is 4.39 Å². The Balaban J connectivity index is 1.52. The number of aromatic nitrogens is 2. The normalized spacial score (nSPS) is 11.8. The molecule has 3 aromatic rings. The Morgan fingerprint density at radius 2 is 1.93 bits per heavy atom. The topological polar surface area (TPSA) is 66.9 Å². The van der Waals surface area contributed by atoms with Gasteiger partial charge in [-0.2, -0.15) is 0 Å². The van der Waals surface area contributed by atoms with Crippen LogP contribution in [0, 0.1) is 12.7 Å². The maximum Gasteiger partial charge on any atom is 0.233 e. The third-order valence-electron chi connectivity index (χ3n) is 3.76. The Morgan fingerprint density at radius 1 is 1.19 bits per heavy atom. The monoisotopic (exact) mass is 402 g/mol. The summed E-state index contributed by atoms with van der Waals surface area (Å²) in [6.45, 7) is 4.33. The Morgan fingerprint density at radius 3 is 2.67 bits per heavy atom. The SMILES string of the molecule is Cc1ccc(CNC(=O)C(C)Sc2nnc(Nc3ccccc3F)s2)cc1. The van der Waals surface area contributed by atoms with Crippen LogP contribution in [0.2, 0.25) is 0 Å². The summed E-state index contributed by atoms with van der Waals surface area (Å²) in [6, 6.07) is 14.4. The highest BCUT2D eigenvalue weighted by atomic mass is 32.2. The fourth-order valence-electron chi connectivity index (χ4n) is 2.23. The van der Waals surface area contributed by atoms with E-state index in [0.29, 0.717) is 21.7 Å². The second-order valence-electron chi connectivity index (χ2n) is 5.94. The first-order valence-corrected chi connectivity index (χ1v) is 10.1. The number of hydrogen-bond acceptors (Lipinski definition) is 6. The van der Waals surface area contributed by atoms with Crippen molar-refractivity contribution in [3.05, 3.63) is 65.5 Å². The van der Waals surface area contributed by atoms with Crippen LogP contribution in [-0.2, 0) is 11.3 Å². The van der Waals surface area contributed by atoms with Gasteiger partial charge in [0.1, 0.15) is 5.82 Å². The maximum atomic E-state index is 13.7. The molecular formula is C19H19FN4OS2. The van der Waals surface area contributed by atoms with Crippen LogP contribution >= 0.6 is 23.1 Å². The van der Waals surface area contributed by atoms with Gasteiger partial charge in [-0.05, 0) is 31.5 Å². The number of amides is 1. The zero-order chi connectivity index (χ0) is 19.2. The van der Waals surface area contributed by atoms with Crippen LogP contribution < -0.4 is 10.6 Å². The minimum Gasteiger partial charge on any atom is -0.351 e. The summed E-state index contributed by atoms with van der Waals surface area (Å²) >= 11 is 2.61. The Kier molecular flexibility index (Phi) is 6.41. The van der Waals surface area contributed by atoms with Crippen molar-refractivity contribution in [3.63, 3.8) is 0 Å². The van der Waals surface area contributed by atoms with Crippen molar-refractivity contribution in [2.24, 2.45) is 0 Å². The molecule has 1 unspecified atom stereocenters. The molecule has 1 atom stereocenters. The Hall–Kier alpha value is -2.45. The van der Waals surface area contributed by atoms with Gasteiger partial charge < -0.3 is 10.6 Å². The first kappa shape index (κ1) is 19.3. The molecule has 1 heterocycles. The van der Waals surface area contributed by atoms with E-state index in [9.17, 15) is 9.18 Å². The third kappa shape index (κ3) is 5.51. The lowest BCUT2D eigenvalue weighted by atomic mass is 10.1. The minimum atomic E-state index is -0.356. The lowest BCUT2D eigenvalue weighted by molar-refractivity contribution is -0.120. The molecule has 140 valence electrons. The number of anilines is 2. The fraction of sp³-hybridized carbons (Fsp3) is 0.211. The average molecular weight is 403 g/mol. The largest absolute Gasteiger partial charge is 0.351 e. The van der Waals surface area contributed by atoms with Gasteiger partial charge in [0.05, 0.1) is 10.9 Å². The van der Waals surface area contributed by atoms with Crippen LogP contribution in [-0.4, -0.2) is 21.4 Å². The van der Waals surface area contributed by atoms with E-state index in [1.807, 2.05) is 38.1 Å². The Labute approximate surface area is 165 Å².